The van der Waals surface area contributed by atoms with E-state index in [1.165, 1.54) is 12.8 Å². The minimum atomic E-state index is 0.0611. The number of hydrogen-bond acceptors (Lipinski definition) is 3. The summed E-state index contributed by atoms with van der Waals surface area (Å²) in [5.41, 5.74) is 0.869. The molecule has 0 bridgehead atoms. The van der Waals surface area contributed by atoms with Crippen molar-refractivity contribution in [3.05, 3.63) is 23.9 Å². The van der Waals surface area contributed by atoms with E-state index in [0.717, 1.165) is 24.3 Å². The van der Waals surface area contributed by atoms with Crippen LogP contribution in [0.25, 0.3) is 0 Å². The van der Waals surface area contributed by atoms with E-state index in [-0.39, 0.29) is 6.61 Å². The van der Waals surface area contributed by atoms with Gasteiger partial charge in [-0.05, 0) is 31.4 Å². The summed E-state index contributed by atoms with van der Waals surface area (Å²) in [6.45, 7) is 7.75. The van der Waals surface area contributed by atoms with Crippen LogP contribution in [0.15, 0.2) is 18.3 Å². The standard InChI is InChI=1S/C14H24N2O/c1-4-6-9-16(12(3)5-2)14-8-7-13(11-17)10-15-14/h7-8,10,12,17H,4-6,9,11H2,1-3H3. The number of anilines is 1. The van der Waals surface area contributed by atoms with Gasteiger partial charge in [0, 0.05) is 18.8 Å². The molecule has 3 nitrogen and oxygen atoms in total. The summed E-state index contributed by atoms with van der Waals surface area (Å²) >= 11 is 0. The molecule has 0 fully saturated rings. The zero-order chi connectivity index (χ0) is 12.7. The number of hydrogen-bond donors (Lipinski definition) is 1. The third kappa shape index (κ3) is 4.00. The van der Waals surface area contributed by atoms with Crippen molar-refractivity contribution < 1.29 is 5.11 Å². The number of unbranched alkanes of at least 4 members (excludes halogenated alkanes) is 1. The SMILES string of the molecule is CCCCN(c1ccc(CO)cn1)C(C)CC. The smallest absolute Gasteiger partial charge is 0.128 e. The van der Waals surface area contributed by atoms with Crippen LogP contribution in [0, 0.1) is 0 Å². The van der Waals surface area contributed by atoms with E-state index in [0.29, 0.717) is 6.04 Å². The molecular weight excluding hydrogens is 212 g/mol. The summed E-state index contributed by atoms with van der Waals surface area (Å²) in [5.74, 6) is 1.02. The molecule has 0 aromatic carbocycles. The van der Waals surface area contributed by atoms with Gasteiger partial charge >= 0.3 is 0 Å². The van der Waals surface area contributed by atoms with Crippen molar-refractivity contribution in [3.8, 4) is 0 Å². The van der Waals surface area contributed by atoms with Crippen LogP contribution in [0.3, 0.4) is 0 Å². The molecule has 0 saturated heterocycles. The summed E-state index contributed by atoms with van der Waals surface area (Å²) in [6, 6.07) is 4.46. The molecule has 0 saturated carbocycles. The van der Waals surface area contributed by atoms with Crippen LogP contribution in [-0.2, 0) is 6.61 Å². The Morgan fingerprint density at radius 3 is 2.59 bits per heavy atom. The van der Waals surface area contributed by atoms with Crippen molar-refractivity contribution in [1.29, 1.82) is 0 Å². The maximum absolute atomic E-state index is 9.01. The van der Waals surface area contributed by atoms with Gasteiger partial charge in [-0.25, -0.2) is 4.98 Å². The first-order chi connectivity index (χ1) is 8.22. The van der Waals surface area contributed by atoms with Gasteiger partial charge in [0.05, 0.1) is 6.61 Å². The molecule has 0 aliphatic rings. The lowest BCUT2D eigenvalue weighted by Gasteiger charge is -2.29. The molecule has 0 spiro atoms. The van der Waals surface area contributed by atoms with Crippen molar-refractivity contribution in [2.45, 2.75) is 52.7 Å². The Kier molecular flexibility index (Phi) is 5.98. The van der Waals surface area contributed by atoms with Gasteiger partial charge in [0.25, 0.3) is 0 Å². The van der Waals surface area contributed by atoms with E-state index in [1.54, 1.807) is 6.20 Å². The first-order valence-corrected chi connectivity index (χ1v) is 6.55. The van der Waals surface area contributed by atoms with Crippen molar-refractivity contribution in [1.82, 2.24) is 4.98 Å². The van der Waals surface area contributed by atoms with Gasteiger partial charge in [-0.1, -0.05) is 26.3 Å². The van der Waals surface area contributed by atoms with Crippen LogP contribution in [0.4, 0.5) is 5.82 Å². The zero-order valence-electron chi connectivity index (χ0n) is 11.2. The number of aliphatic hydroxyl groups excluding tert-OH is 1. The second-order valence-electron chi connectivity index (χ2n) is 4.49. The molecule has 96 valence electrons. The maximum Gasteiger partial charge on any atom is 0.128 e. The molecule has 1 unspecified atom stereocenters. The Bertz CT molecular complexity index is 311. The molecule has 1 heterocycles. The maximum atomic E-state index is 9.01. The predicted octanol–water partition coefficient (Wildman–Crippen LogP) is 2.98. The van der Waals surface area contributed by atoms with E-state index in [9.17, 15) is 0 Å². The van der Waals surface area contributed by atoms with Gasteiger partial charge in [-0.3, -0.25) is 0 Å². The van der Waals surface area contributed by atoms with Crippen LogP contribution in [0.1, 0.15) is 45.6 Å². The largest absolute Gasteiger partial charge is 0.392 e. The summed E-state index contributed by atoms with van der Waals surface area (Å²) in [6.07, 6.45) is 5.26. The van der Waals surface area contributed by atoms with Crippen molar-refractivity contribution in [3.63, 3.8) is 0 Å². The molecule has 0 radical (unpaired) electrons. The van der Waals surface area contributed by atoms with Gasteiger partial charge in [0.2, 0.25) is 0 Å². The van der Waals surface area contributed by atoms with Gasteiger partial charge in [-0.2, -0.15) is 0 Å². The number of nitrogens with zero attached hydrogens (tertiary/aromatic N) is 2. The minimum absolute atomic E-state index is 0.0611. The van der Waals surface area contributed by atoms with Gasteiger partial charge < -0.3 is 10.0 Å². The van der Waals surface area contributed by atoms with Crippen LogP contribution >= 0.6 is 0 Å². The Balaban J connectivity index is 2.79. The first kappa shape index (κ1) is 14.0. The van der Waals surface area contributed by atoms with Crippen LogP contribution < -0.4 is 4.90 Å². The average molecular weight is 236 g/mol. The second kappa shape index (κ2) is 7.28. The number of rotatable bonds is 7. The van der Waals surface area contributed by atoms with Gasteiger partial charge in [0.1, 0.15) is 5.82 Å². The zero-order valence-corrected chi connectivity index (χ0v) is 11.2. The summed E-state index contributed by atoms with van der Waals surface area (Å²) < 4.78 is 0. The van der Waals surface area contributed by atoms with Crippen LogP contribution in [-0.4, -0.2) is 22.7 Å². The lowest BCUT2D eigenvalue weighted by Crippen LogP contribution is -2.34. The van der Waals surface area contributed by atoms with E-state index in [4.69, 9.17) is 5.11 Å². The highest BCUT2D eigenvalue weighted by Gasteiger charge is 2.13. The third-order valence-corrected chi connectivity index (χ3v) is 3.16. The van der Waals surface area contributed by atoms with Gasteiger partial charge in [0.15, 0.2) is 0 Å². The molecule has 17 heavy (non-hydrogen) atoms. The van der Waals surface area contributed by atoms with Gasteiger partial charge in [-0.15, -0.1) is 0 Å². The fraction of sp³-hybridized carbons (Fsp3) is 0.643. The first-order valence-electron chi connectivity index (χ1n) is 6.55. The highest BCUT2D eigenvalue weighted by atomic mass is 16.3. The second-order valence-corrected chi connectivity index (χ2v) is 4.49. The summed E-state index contributed by atoms with van der Waals surface area (Å²) in [5, 5.41) is 9.01. The van der Waals surface area contributed by atoms with Crippen LogP contribution in [0.5, 0.6) is 0 Å². The monoisotopic (exact) mass is 236 g/mol. The summed E-state index contributed by atoms with van der Waals surface area (Å²) in [4.78, 5) is 6.79. The molecule has 1 aromatic heterocycles. The highest BCUT2D eigenvalue weighted by molar-refractivity contribution is 5.40. The molecule has 1 aromatic rings. The molecule has 1 rings (SSSR count). The third-order valence-electron chi connectivity index (χ3n) is 3.16. The molecule has 1 N–H and O–H groups in total. The Hall–Kier alpha value is -1.09. The fourth-order valence-electron chi connectivity index (χ4n) is 1.79. The molecule has 0 amide bonds. The Morgan fingerprint density at radius 1 is 1.35 bits per heavy atom. The number of pyridine rings is 1. The average Bonchev–Trinajstić information content (AvgIpc) is 2.39. The minimum Gasteiger partial charge on any atom is -0.392 e. The quantitative estimate of drug-likeness (QED) is 0.790. The Morgan fingerprint density at radius 2 is 2.12 bits per heavy atom. The molecular formula is C14H24N2O. The molecule has 3 heteroatoms. The molecule has 1 atom stereocenters. The van der Waals surface area contributed by atoms with Crippen molar-refractivity contribution in [2.75, 3.05) is 11.4 Å². The lowest BCUT2D eigenvalue weighted by molar-refractivity contribution is 0.281. The normalized spacial score (nSPS) is 12.5. The van der Waals surface area contributed by atoms with Crippen LogP contribution in [0.2, 0.25) is 0 Å². The Labute approximate surface area is 104 Å². The highest BCUT2D eigenvalue weighted by Crippen LogP contribution is 2.17. The van der Waals surface area contributed by atoms with E-state index in [1.807, 2.05) is 12.1 Å². The van der Waals surface area contributed by atoms with Crippen molar-refractivity contribution >= 4 is 5.82 Å². The molecule has 0 aliphatic heterocycles. The predicted molar refractivity (Wildman–Crippen MR) is 72.2 cm³/mol. The molecule has 0 aliphatic carbocycles. The lowest BCUT2D eigenvalue weighted by atomic mass is 10.2. The number of aromatic nitrogens is 1. The van der Waals surface area contributed by atoms with Crippen molar-refractivity contribution in [2.24, 2.45) is 0 Å². The topological polar surface area (TPSA) is 36.4 Å². The van der Waals surface area contributed by atoms with E-state index >= 15 is 0 Å². The summed E-state index contributed by atoms with van der Waals surface area (Å²) in [7, 11) is 0. The van der Waals surface area contributed by atoms with E-state index < -0.39 is 0 Å². The fourth-order valence-corrected chi connectivity index (χ4v) is 1.79. The van der Waals surface area contributed by atoms with E-state index in [2.05, 4.69) is 30.7 Å². The number of aliphatic hydroxyl groups is 1.